The lowest BCUT2D eigenvalue weighted by Gasteiger charge is -2.31. The molecule has 0 amide bonds. The number of hydrogen-bond acceptors (Lipinski definition) is 4. The first-order valence-corrected chi connectivity index (χ1v) is 9.98. The second-order valence-electron chi connectivity index (χ2n) is 6.13. The molecule has 7 heteroatoms. The van der Waals surface area contributed by atoms with E-state index in [-0.39, 0.29) is 0 Å². The van der Waals surface area contributed by atoms with Gasteiger partial charge in [0, 0.05) is 37.6 Å². The number of anilines is 2. The zero-order chi connectivity index (χ0) is 17.4. The third-order valence-electron chi connectivity index (χ3n) is 4.86. The summed E-state index contributed by atoms with van der Waals surface area (Å²) in [6, 6.07) is 13.5. The van der Waals surface area contributed by atoms with E-state index >= 15 is 0 Å². The van der Waals surface area contributed by atoms with E-state index in [1.54, 1.807) is 14.2 Å². The van der Waals surface area contributed by atoms with Crippen molar-refractivity contribution in [2.75, 3.05) is 50.4 Å². The largest absolute Gasteiger partial charge is 0.497 e. The molecule has 2 aliphatic rings. The number of benzene rings is 2. The van der Waals surface area contributed by atoms with Crippen LogP contribution in [-0.2, 0) is 4.57 Å². The van der Waals surface area contributed by atoms with Gasteiger partial charge in [0.15, 0.2) is 0 Å². The summed E-state index contributed by atoms with van der Waals surface area (Å²) in [7, 11) is 0.361. The number of hydrogen-bond donors (Lipinski definition) is 1. The summed E-state index contributed by atoms with van der Waals surface area (Å²) in [6.07, 6.45) is 0. The minimum atomic E-state index is -2.92. The Hall–Kier alpha value is -2.17. The molecule has 4 rings (SSSR count). The molecule has 1 N–H and O–H groups in total. The molecule has 0 radical (unpaired) electrons. The number of methoxy groups -OCH3 is 2. The molecular weight excluding hydrogens is 337 g/mol. The minimum absolute atomic E-state index is 0.721. The molecule has 132 valence electrons. The Morgan fingerprint density at radius 3 is 2.40 bits per heavy atom. The number of nitrogens with zero attached hydrogens (tertiary/aromatic N) is 2. The first-order valence-electron chi connectivity index (χ1n) is 8.37. The molecule has 0 saturated carbocycles. The van der Waals surface area contributed by atoms with Crippen molar-refractivity contribution in [2.45, 2.75) is 0 Å². The summed E-state index contributed by atoms with van der Waals surface area (Å²) in [5, 5.41) is 4.22. The van der Waals surface area contributed by atoms with Crippen molar-refractivity contribution in [3.05, 3.63) is 42.5 Å². The minimum Gasteiger partial charge on any atom is -0.497 e. The Morgan fingerprint density at radius 2 is 1.68 bits per heavy atom. The first-order chi connectivity index (χ1) is 12.2. The van der Waals surface area contributed by atoms with Crippen LogP contribution >= 0.6 is 7.44 Å². The predicted molar refractivity (Wildman–Crippen MR) is 101 cm³/mol. The number of ether oxygens (including phenoxy) is 2. The second kappa shape index (κ2) is 6.28. The van der Waals surface area contributed by atoms with Gasteiger partial charge in [-0.15, -0.1) is 0 Å². The summed E-state index contributed by atoms with van der Waals surface area (Å²) in [5.41, 5.74) is 1.87. The van der Waals surface area contributed by atoms with Gasteiger partial charge in [-0.1, -0.05) is 0 Å². The summed E-state index contributed by atoms with van der Waals surface area (Å²) in [5.74, 6) is 1.52. The van der Waals surface area contributed by atoms with Crippen LogP contribution in [-0.4, -0.2) is 45.1 Å². The summed E-state index contributed by atoms with van der Waals surface area (Å²) < 4.78 is 29.1. The molecule has 2 aromatic carbocycles. The molecule has 0 bridgehead atoms. The highest BCUT2D eigenvalue weighted by Gasteiger charge is 2.46. The van der Waals surface area contributed by atoms with Gasteiger partial charge in [0.05, 0.1) is 19.5 Å². The van der Waals surface area contributed by atoms with Gasteiger partial charge in [-0.25, -0.2) is 4.67 Å². The fraction of sp³-hybridized carbons (Fsp3) is 0.333. The molecule has 1 fully saturated rings. The van der Waals surface area contributed by atoms with Crippen molar-refractivity contribution >= 4 is 24.1 Å². The van der Waals surface area contributed by atoms with Crippen molar-refractivity contribution in [2.24, 2.45) is 0 Å². The molecule has 2 aromatic rings. The molecule has 0 spiro atoms. The normalized spacial score (nSPS) is 22.6. The fourth-order valence-electron chi connectivity index (χ4n) is 3.55. The van der Waals surface area contributed by atoms with Crippen molar-refractivity contribution in [1.82, 2.24) is 4.67 Å². The maximum atomic E-state index is 14.3. The zero-order valence-electron chi connectivity index (χ0n) is 14.4. The molecule has 6 nitrogen and oxygen atoms in total. The average Bonchev–Trinajstić information content (AvgIpc) is 2.92. The van der Waals surface area contributed by atoms with Crippen molar-refractivity contribution in [3.8, 4) is 11.5 Å². The summed E-state index contributed by atoms with van der Waals surface area (Å²) in [6.45, 7) is 3.04. The smallest absolute Gasteiger partial charge is 0.271 e. The lowest BCUT2D eigenvalue weighted by atomic mass is 10.3. The van der Waals surface area contributed by atoms with Crippen LogP contribution in [0.15, 0.2) is 42.5 Å². The van der Waals surface area contributed by atoms with Crippen LogP contribution in [0.2, 0.25) is 0 Å². The van der Waals surface area contributed by atoms with E-state index in [9.17, 15) is 4.57 Å². The van der Waals surface area contributed by atoms with Crippen LogP contribution in [0.1, 0.15) is 0 Å². The lowest BCUT2D eigenvalue weighted by molar-refractivity contribution is 0.415. The van der Waals surface area contributed by atoms with Crippen LogP contribution < -0.4 is 24.8 Å². The molecule has 0 aliphatic carbocycles. The quantitative estimate of drug-likeness (QED) is 0.851. The van der Waals surface area contributed by atoms with Gasteiger partial charge in [0.1, 0.15) is 11.5 Å². The lowest BCUT2D eigenvalue weighted by Crippen LogP contribution is -2.27. The number of nitrogens with one attached hydrogen (secondary N) is 1. The highest BCUT2D eigenvalue weighted by molar-refractivity contribution is 7.71. The van der Waals surface area contributed by atoms with Crippen molar-refractivity contribution < 1.29 is 14.0 Å². The highest BCUT2D eigenvalue weighted by atomic mass is 31.2. The second-order valence-corrected chi connectivity index (χ2v) is 8.75. The monoisotopic (exact) mass is 359 g/mol. The number of fused-ring (bicyclic) bond motifs is 3. The van der Waals surface area contributed by atoms with Gasteiger partial charge in [0.25, 0.3) is 7.44 Å². The van der Waals surface area contributed by atoms with Gasteiger partial charge in [-0.2, -0.15) is 0 Å². The zero-order valence-corrected chi connectivity index (χ0v) is 15.3. The third-order valence-corrected chi connectivity index (χ3v) is 8.10. The van der Waals surface area contributed by atoms with Gasteiger partial charge in [-0.3, -0.25) is 4.57 Å². The van der Waals surface area contributed by atoms with E-state index in [1.165, 1.54) is 0 Å². The maximum absolute atomic E-state index is 14.3. The Labute approximate surface area is 147 Å². The third kappa shape index (κ3) is 2.57. The van der Waals surface area contributed by atoms with Crippen molar-refractivity contribution in [3.63, 3.8) is 0 Å². The van der Waals surface area contributed by atoms with Crippen LogP contribution in [0.5, 0.6) is 11.5 Å². The van der Waals surface area contributed by atoms with E-state index in [1.807, 2.05) is 47.1 Å². The molecule has 0 aromatic heterocycles. The Kier molecular flexibility index (Phi) is 4.10. The van der Waals surface area contributed by atoms with Gasteiger partial charge >= 0.3 is 0 Å². The molecule has 25 heavy (non-hydrogen) atoms. The molecule has 1 atom stereocenters. The predicted octanol–water partition coefficient (Wildman–Crippen LogP) is 2.77. The standard InChI is InChI=1S/C18H22N3O3P/c1-23-15-5-3-14(4-6-15)21-12-11-20-10-9-19-17-8-7-16(24-2)13-18(17)25(20,21)22/h3-8,13,19H,9-12H2,1-2H3. The first kappa shape index (κ1) is 16.3. The molecule has 2 heterocycles. The molecular formula is C18H22N3O3P. The maximum Gasteiger partial charge on any atom is 0.271 e. The Morgan fingerprint density at radius 1 is 0.960 bits per heavy atom. The van der Waals surface area contributed by atoms with Gasteiger partial charge in [-0.05, 0) is 42.5 Å². The molecule has 1 unspecified atom stereocenters. The van der Waals surface area contributed by atoms with Crippen LogP contribution in [0.3, 0.4) is 0 Å². The molecule has 1 saturated heterocycles. The van der Waals surface area contributed by atoms with E-state index in [0.29, 0.717) is 0 Å². The summed E-state index contributed by atoms with van der Waals surface area (Å²) in [4.78, 5) is 0. The Bertz CT molecular complexity index is 825. The number of rotatable bonds is 3. The Balaban J connectivity index is 1.83. The van der Waals surface area contributed by atoms with E-state index < -0.39 is 7.44 Å². The van der Waals surface area contributed by atoms with Crippen LogP contribution in [0.25, 0.3) is 0 Å². The topological polar surface area (TPSA) is 54.0 Å². The molecule has 2 aliphatic heterocycles. The van der Waals surface area contributed by atoms with Crippen LogP contribution in [0.4, 0.5) is 11.4 Å². The van der Waals surface area contributed by atoms with E-state index in [0.717, 1.165) is 54.4 Å². The van der Waals surface area contributed by atoms with Crippen molar-refractivity contribution in [1.29, 1.82) is 0 Å². The van der Waals surface area contributed by atoms with Gasteiger partial charge in [0.2, 0.25) is 0 Å². The van der Waals surface area contributed by atoms with E-state index in [4.69, 9.17) is 9.47 Å². The highest BCUT2D eigenvalue weighted by Crippen LogP contribution is 2.59. The fourth-order valence-corrected chi connectivity index (χ4v) is 6.72. The van der Waals surface area contributed by atoms with Crippen LogP contribution in [0, 0.1) is 0 Å². The van der Waals surface area contributed by atoms with E-state index in [2.05, 4.69) is 9.99 Å². The summed E-state index contributed by atoms with van der Waals surface area (Å²) >= 11 is 0. The average molecular weight is 359 g/mol. The SMILES string of the molecule is COc1ccc(N2CCN3CCNc4ccc(OC)cc4P32=O)cc1. The van der Waals surface area contributed by atoms with Gasteiger partial charge < -0.3 is 19.5 Å².